The Labute approximate surface area is 151 Å². The molecule has 2 unspecified atom stereocenters. The van der Waals surface area contributed by atoms with E-state index in [1.54, 1.807) is 23.1 Å². The fraction of sp³-hybridized carbons (Fsp3) is 0.474. The number of aromatic amines is 1. The number of aryl methyl sites for hydroxylation is 1. The summed E-state index contributed by atoms with van der Waals surface area (Å²) in [5.74, 6) is -0.788. The number of carboxylic acids is 1. The van der Waals surface area contributed by atoms with Crippen LogP contribution in [0.5, 0.6) is 0 Å². The van der Waals surface area contributed by atoms with Gasteiger partial charge in [0, 0.05) is 25.4 Å². The zero-order chi connectivity index (χ0) is 18.7. The lowest BCUT2D eigenvalue weighted by atomic mass is 9.93. The molecule has 7 heteroatoms. The maximum Gasteiger partial charge on any atom is 0.308 e. The van der Waals surface area contributed by atoms with E-state index in [-0.39, 0.29) is 24.1 Å². The summed E-state index contributed by atoms with van der Waals surface area (Å²) in [7, 11) is 0. The summed E-state index contributed by atoms with van der Waals surface area (Å²) in [6.45, 7) is 2.23. The van der Waals surface area contributed by atoms with E-state index in [0.717, 1.165) is 0 Å². The molecule has 1 aliphatic rings. The maximum atomic E-state index is 12.5. The number of benzene rings is 1. The molecule has 26 heavy (non-hydrogen) atoms. The van der Waals surface area contributed by atoms with Crippen molar-refractivity contribution in [3.05, 3.63) is 40.4 Å². The van der Waals surface area contributed by atoms with Gasteiger partial charge in [-0.15, -0.1) is 0 Å². The number of carboxylic acid groups (broad SMARTS) is 1. The second-order valence-corrected chi connectivity index (χ2v) is 6.89. The Kier molecular flexibility index (Phi) is 5.35. The summed E-state index contributed by atoms with van der Waals surface area (Å²) >= 11 is 0. The van der Waals surface area contributed by atoms with Crippen molar-refractivity contribution in [3.8, 4) is 0 Å². The Morgan fingerprint density at radius 3 is 2.85 bits per heavy atom. The summed E-state index contributed by atoms with van der Waals surface area (Å²) in [4.78, 5) is 44.6. The number of aromatic nitrogens is 2. The largest absolute Gasteiger partial charge is 0.481 e. The summed E-state index contributed by atoms with van der Waals surface area (Å²) in [6, 6.07) is 7.21. The molecule has 0 spiro atoms. The predicted octanol–water partition coefficient (Wildman–Crippen LogP) is 1.96. The maximum absolute atomic E-state index is 12.5. The number of carbonyl (C=O) groups excluding carboxylic acids is 1. The quantitative estimate of drug-likeness (QED) is 0.851. The molecule has 1 aliphatic heterocycles. The number of hydrogen-bond acceptors (Lipinski definition) is 4. The summed E-state index contributed by atoms with van der Waals surface area (Å²) in [5.41, 5.74) is 0.470. The van der Waals surface area contributed by atoms with Crippen molar-refractivity contribution < 1.29 is 14.7 Å². The second kappa shape index (κ2) is 7.68. The molecular weight excluding hydrogens is 334 g/mol. The minimum Gasteiger partial charge on any atom is -0.481 e. The highest BCUT2D eigenvalue weighted by Crippen LogP contribution is 2.23. The SMILES string of the molecule is CC1CCC(C(=O)O)CN1C(=O)CCCc1nc2ccccc2c(=O)[nH]1. The third kappa shape index (κ3) is 3.92. The molecular formula is C19H23N3O4. The van der Waals surface area contributed by atoms with Crippen LogP contribution in [0.2, 0.25) is 0 Å². The van der Waals surface area contributed by atoms with Crippen molar-refractivity contribution in [2.45, 2.75) is 45.1 Å². The molecule has 0 bridgehead atoms. The Hall–Kier alpha value is -2.70. The van der Waals surface area contributed by atoms with E-state index in [1.807, 2.05) is 13.0 Å². The van der Waals surface area contributed by atoms with Gasteiger partial charge in [0.15, 0.2) is 0 Å². The van der Waals surface area contributed by atoms with Gasteiger partial charge in [0.25, 0.3) is 5.56 Å². The molecule has 0 saturated carbocycles. The van der Waals surface area contributed by atoms with E-state index in [0.29, 0.717) is 48.8 Å². The first-order valence-corrected chi connectivity index (χ1v) is 8.96. The van der Waals surface area contributed by atoms with E-state index in [9.17, 15) is 19.5 Å². The van der Waals surface area contributed by atoms with E-state index in [1.165, 1.54) is 0 Å². The molecule has 0 aliphatic carbocycles. The zero-order valence-electron chi connectivity index (χ0n) is 14.8. The molecule has 0 radical (unpaired) electrons. The monoisotopic (exact) mass is 357 g/mol. The van der Waals surface area contributed by atoms with Crippen molar-refractivity contribution in [3.63, 3.8) is 0 Å². The van der Waals surface area contributed by atoms with Gasteiger partial charge in [-0.1, -0.05) is 12.1 Å². The van der Waals surface area contributed by atoms with Crippen molar-refractivity contribution in [2.24, 2.45) is 5.92 Å². The number of H-pyrrole nitrogens is 1. The lowest BCUT2D eigenvalue weighted by molar-refractivity contribution is -0.147. The minimum atomic E-state index is -0.840. The fourth-order valence-corrected chi connectivity index (χ4v) is 3.46. The molecule has 138 valence electrons. The van der Waals surface area contributed by atoms with Crippen LogP contribution in [0.1, 0.15) is 38.4 Å². The topological polar surface area (TPSA) is 103 Å². The van der Waals surface area contributed by atoms with Crippen molar-refractivity contribution in [1.29, 1.82) is 0 Å². The van der Waals surface area contributed by atoms with E-state index >= 15 is 0 Å². The number of aliphatic carboxylic acids is 1. The fourth-order valence-electron chi connectivity index (χ4n) is 3.46. The number of nitrogens with one attached hydrogen (secondary N) is 1. The average molecular weight is 357 g/mol. The molecule has 1 fully saturated rings. The van der Waals surface area contributed by atoms with E-state index in [4.69, 9.17) is 0 Å². The number of fused-ring (bicyclic) bond motifs is 1. The summed E-state index contributed by atoms with van der Waals surface area (Å²) in [6.07, 6.45) is 2.69. The smallest absolute Gasteiger partial charge is 0.308 e. The number of amides is 1. The highest BCUT2D eigenvalue weighted by Gasteiger charge is 2.32. The first-order chi connectivity index (χ1) is 12.5. The number of carbonyl (C=O) groups is 2. The molecule has 1 amide bonds. The van der Waals surface area contributed by atoms with Crippen molar-refractivity contribution in [2.75, 3.05) is 6.54 Å². The standard InChI is InChI=1S/C19H23N3O4/c1-12-9-10-13(19(25)26)11-22(12)17(23)8-4-7-16-20-15-6-3-2-5-14(15)18(24)21-16/h2-3,5-6,12-13H,4,7-11H2,1H3,(H,25,26)(H,20,21,24). The lowest BCUT2D eigenvalue weighted by Crippen LogP contribution is -2.47. The third-order valence-corrected chi connectivity index (χ3v) is 5.02. The zero-order valence-corrected chi connectivity index (χ0v) is 14.8. The van der Waals surface area contributed by atoms with Gasteiger partial charge in [-0.2, -0.15) is 0 Å². The van der Waals surface area contributed by atoms with Crippen LogP contribution in [0.15, 0.2) is 29.1 Å². The Morgan fingerprint density at radius 1 is 1.31 bits per heavy atom. The number of likely N-dealkylation sites (tertiary alicyclic amines) is 1. The van der Waals surface area contributed by atoms with Gasteiger partial charge in [0.2, 0.25) is 5.91 Å². The van der Waals surface area contributed by atoms with Gasteiger partial charge in [-0.05, 0) is 38.3 Å². The van der Waals surface area contributed by atoms with Crippen LogP contribution >= 0.6 is 0 Å². The molecule has 2 aromatic rings. The third-order valence-electron chi connectivity index (χ3n) is 5.02. The van der Waals surface area contributed by atoms with Crippen LogP contribution in [0.25, 0.3) is 10.9 Å². The van der Waals surface area contributed by atoms with Gasteiger partial charge in [-0.3, -0.25) is 14.4 Å². The number of para-hydroxylation sites is 1. The Balaban J connectivity index is 1.60. The van der Waals surface area contributed by atoms with Gasteiger partial charge >= 0.3 is 5.97 Å². The highest BCUT2D eigenvalue weighted by atomic mass is 16.4. The molecule has 2 atom stereocenters. The van der Waals surface area contributed by atoms with E-state index < -0.39 is 11.9 Å². The Morgan fingerprint density at radius 2 is 2.08 bits per heavy atom. The predicted molar refractivity (Wildman–Crippen MR) is 96.8 cm³/mol. The molecule has 7 nitrogen and oxygen atoms in total. The van der Waals surface area contributed by atoms with Crippen LogP contribution in [0, 0.1) is 5.92 Å². The Bertz CT molecular complexity index is 876. The molecule has 3 rings (SSSR count). The van der Waals surface area contributed by atoms with Gasteiger partial charge in [0.1, 0.15) is 5.82 Å². The highest BCUT2D eigenvalue weighted by molar-refractivity contribution is 5.78. The number of piperidine rings is 1. The molecule has 1 saturated heterocycles. The minimum absolute atomic E-state index is 0.0356. The van der Waals surface area contributed by atoms with Crippen LogP contribution in [0.3, 0.4) is 0 Å². The number of hydrogen-bond donors (Lipinski definition) is 2. The molecule has 2 N–H and O–H groups in total. The van der Waals surface area contributed by atoms with Crippen LogP contribution in [0.4, 0.5) is 0 Å². The van der Waals surface area contributed by atoms with Crippen LogP contribution in [-0.4, -0.2) is 44.4 Å². The van der Waals surface area contributed by atoms with Crippen molar-refractivity contribution in [1.82, 2.24) is 14.9 Å². The van der Waals surface area contributed by atoms with Crippen LogP contribution < -0.4 is 5.56 Å². The summed E-state index contributed by atoms with van der Waals surface area (Å²) in [5, 5.41) is 9.73. The average Bonchev–Trinajstić information content (AvgIpc) is 2.62. The molecule has 1 aromatic carbocycles. The number of nitrogens with zero attached hydrogens (tertiary/aromatic N) is 2. The summed E-state index contributed by atoms with van der Waals surface area (Å²) < 4.78 is 0. The molecule has 2 heterocycles. The lowest BCUT2D eigenvalue weighted by Gasteiger charge is -2.36. The van der Waals surface area contributed by atoms with Crippen LogP contribution in [-0.2, 0) is 16.0 Å². The van der Waals surface area contributed by atoms with E-state index in [2.05, 4.69) is 9.97 Å². The van der Waals surface area contributed by atoms with Crippen molar-refractivity contribution >= 4 is 22.8 Å². The second-order valence-electron chi connectivity index (χ2n) is 6.89. The first-order valence-electron chi connectivity index (χ1n) is 8.96. The molecule has 1 aromatic heterocycles. The number of rotatable bonds is 5. The van der Waals surface area contributed by atoms with Gasteiger partial charge in [-0.25, -0.2) is 4.98 Å². The van der Waals surface area contributed by atoms with Gasteiger partial charge in [0.05, 0.1) is 16.8 Å². The normalized spacial score (nSPS) is 20.3. The van der Waals surface area contributed by atoms with Gasteiger partial charge < -0.3 is 15.0 Å². The first kappa shape index (κ1) is 18.1.